The lowest BCUT2D eigenvalue weighted by atomic mass is 9.93. The van der Waals surface area contributed by atoms with E-state index in [2.05, 4.69) is 38.8 Å². The standard InChI is InChI=1S/C16H27NO2/c1-13(17(4)11-16(2,3)12-18)10-14-8-6-7-9-15(14)19-5/h6-9,13,18H,10-12H2,1-5H3. The summed E-state index contributed by atoms with van der Waals surface area (Å²) >= 11 is 0. The fourth-order valence-electron chi connectivity index (χ4n) is 2.23. The number of hydrogen-bond acceptors (Lipinski definition) is 3. The Labute approximate surface area is 117 Å². The first-order valence-corrected chi connectivity index (χ1v) is 6.82. The Morgan fingerprint density at radius 1 is 1.32 bits per heavy atom. The number of hydrogen-bond donors (Lipinski definition) is 1. The molecule has 0 bridgehead atoms. The topological polar surface area (TPSA) is 32.7 Å². The third-order valence-electron chi connectivity index (χ3n) is 3.57. The highest BCUT2D eigenvalue weighted by atomic mass is 16.5. The number of aliphatic hydroxyl groups is 1. The third kappa shape index (κ3) is 4.84. The summed E-state index contributed by atoms with van der Waals surface area (Å²) in [7, 11) is 3.82. The van der Waals surface area contributed by atoms with Gasteiger partial charge in [-0.05, 0) is 32.0 Å². The summed E-state index contributed by atoms with van der Waals surface area (Å²) in [5.41, 5.74) is 1.16. The Kier molecular flexibility index (Phi) is 5.83. The summed E-state index contributed by atoms with van der Waals surface area (Å²) in [6.07, 6.45) is 0.946. The van der Waals surface area contributed by atoms with Gasteiger partial charge in [-0.2, -0.15) is 0 Å². The molecule has 0 aliphatic heterocycles. The first kappa shape index (κ1) is 16.0. The Hall–Kier alpha value is -1.06. The van der Waals surface area contributed by atoms with Crippen LogP contribution in [0.3, 0.4) is 0 Å². The first-order chi connectivity index (χ1) is 8.89. The number of para-hydroxylation sites is 1. The molecule has 0 aliphatic rings. The number of nitrogens with zero attached hydrogens (tertiary/aromatic N) is 1. The molecule has 0 spiro atoms. The van der Waals surface area contributed by atoms with E-state index in [9.17, 15) is 5.11 Å². The van der Waals surface area contributed by atoms with Crippen molar-refractivity contribution in [2.45, 2.75) is 33.2 Å². The van der Waals surface area contributed by atoms with Gasteiger partial charge in [0.05, 0.1) is 7.11 Å². The molecule has 3 nitrogen and oxygen atoms in total. The van der Waals surface area contributed by atoms with Gasteiger partial charge in [-0.25, -0.2) is 0 Å². The number of rotatable bonds is 7. The largest absolute Gasteiger partial charge is 0.496 e. The summed E-state index contributed by atoms with van der Waals surface area (Å²) in [5, 5.41) is 9.35. The van der Waals surface area contributed by atoms with E-state index in [1.807, 2.05) is 18.2 Å². The molecule has 0 amide bonds. The minimum Gasteiger partial charge on any atom is -0.496 e. The van der Waals surface area contributed by atoms with Crippen LogP contribution in [0.4, 0.5) is 0 Å². The van der Waals surface area contributed by atoms with E-state index in [1.54, 1.807) is 7.11 Å². The van der Waals surface area contributed by atoms with Gasteiger partial charge in [0.15, 0.2) is 0 Å². The van der Waals surface area contributed by atoms with Gasteiger partial charge < -0.3 is 14.7 Å². The van der Waals surface area contributed by atoms with Crippen LogP contribution in [0.15, 0.2) is 24.3 Å². The second kappa shape index (κ2) is 6.92. The SMILES string of the molecule is COc1ccccc1CC(C)N(C)CC(C)(C)CO. The molecular weight excluding hydrogens is 238 g/mol. The lowest BCUT2D eigenvalue weighted by Gasteiger charge is -2.32. The van der Waals surface area contributed by atoms with Crippen LogP contribution in [-0.2, 0) is 6.42 Å². The highest BCUT2D eigenvalue weighted by molar-refractivity contribution is 5.33. The molecule has 1 unspecified atom stereocenters. The van der Waals surface area contributed by atoms with Gasteiger partial charge in [0, 0.05) is 24.6 Å². The summed E-state index contributed by atoms with van der Waals surface area (Å²) in [6, 6.07) is 8.55. The maximum atomic E-state index is 9.35. The highest BCUT2D eigenvalue weighted by Gasteiger charge is 2.22. The van der Waals surface area contributed by atoms with Crippen LogP contribution in [0, 0.1) is 5.41 Å². The molecule has 1 aromatic carbocycles. The molecule has 0 aromatic heterocycles. The molecule has 108 valence electrons. The molecule has 0 heterocycles. The van der Waals surface area contributed by atoms with Crippen LogP contribution in [0.25, 0.3) is 0 Å². The highest BCUT2D eigenvalue weighted by Crippen LogP contribution is 2.22. The maximum Gasteiger partial charge on any atom is 0.122 e. The zero-order chi connectivity index (χ0) is 14.5. The summed E-state index contributed by atoms with van der Waals surface area (Å²) in [5.74, 6) is 0.948. The second-order valence-corrected chi connectivity index (χ2v) is 6.10. The van der Waals surface area contributed by atoms with E-state index in [4.69, 9.17) is 4.74 Å². The Morgan fingerprint density at radius 3 is 2.53 bits per heavy atom. The zero-order valence-electron chi connectivity index (χ0n) is 12.8. The van der Waals surface area contributed by atoms with Crippen molar-refractivity contribution in [1.29, 1.82) is 0 Å². The van der Waals surface area contributed by atoms with Crippen LogP contribution in [0.1, 0.15) is 26.3 Å². The fraction of sp³-hybridized carbons (Fsp3) is 0.625. The first-order valence-electron chi connectivity index (χ1n) is 6.82. The quantitative estimate of drug-likeness (QED) is 0.822. The average molecular weight is 265 g/mol. The molecular formula is C16H27NO2. The monoisotopic (exact) mass is 265 g/mol. The number of methoxy groups -OCH3 is 1. The van der Waals surface area contributed by atoms with Gasteiger partial charge >= 0.3 is 0 Å². The molecule has 3 heteroatoms. The lowest BCUT2D eigenvalue weighted by Crippen LogP contribution is -2.40. The van der Waals surface area contributed by atoms with Crippen molar-refractivity contribution < 1.29 is 9.84 Å². The maximum absolute atomic E-state index is 9.35. The molecule has 0 saturated heterocycles. The van der Waals surface area contributed by atoms with Crippen molar-refractivity contribution in [3.8, 4) is 5.75 Å². The van der Waals surface area contributed by atoms with Crippen molar-refractivity contribution >= 4 is 0 Å². The number of benzene rings is 1. The molecule has 1 rings (SSSR count). The lowest BCUT2D eigenvalue weighted by molar-refractivity contribution is 0.0983. The Morgan fingerprint density at radius 2 is 1.95 bits per heavy atom. The molecule has 0 radical (unpaired) electrons. The van der Waals surface area contributed by atoms with Crippen LogP contribution >= 0.6 is 0 Å². The fourth-order valence-corrected chi connectivity index (χ4v) is 2.23. The van der Waals surface area contributed by atoms with Crippen molar-refractivity contribution in [3.63, 3.8) is 0 Å². The van der Waals surface area contributed by atoms with Crippen molar-refractivity contribution in [2.24, 2.45) is 5.41 Å². The van der Waals surface area contributed by atoms with Crippen LogP contribution in [0.5, 0.6) is 5.75 Å². The Bertz CT molecular complexity index is 390. The smallest absolute Gasteiger partial charge is 0.122 e. The predicted molar refractivity (Wildman–Crippen MR) is 79.7 cm³/mol. The predicted octanol–water partition coefficient (Wildman–Crippen LogP) is 2.58. The van der Waals surface area contributed by atoms with Gasteiger partial charge in [-0.1, -0.05) is 32.0 Å². The minimum atomic E-state index is -0.0657. The van der Waals surface area contributed by atoms with Gasteiger partial charge in [0.1, 0.15) is 5.75 Å². The molecule has 19 heavy (non-hydrogen) atoms. The molecule has 0 fully saturated rings. The molecule has 0 aliphatic carbocycles. The van der Waals surface area contributed by atoms with Gasteiger partial charge in [-0.15, -0.1) is 0 Å². The minimum absolute atomic E-state index is 0.0657. The molecule has 0 saturated carbocycles. The zero-order valence-corrected chi connectivity index (χ0v) is 12.8. The number of aliphatic hydroxyl groups excluding tert-OH is 1. The second-order valence-electron chi connectivity index (χ2n) is 6.10. The average Bonchev–Trinajstić information content (AvgIpc) is 2.38. The summed E-state index contributed by atoms with van der Waals surface area (Å²) < 4.78 is 5.39. The summed E-state index contributed by atoms with van der Waals surface area (Å²) in [6.45, 7) is 7.46. The summed E-state index contributed by atoms with van der Waals surface area (Å²) in [4.78, 5) is 2.29. The van der Waals surface area contributed by atoms with Gasteiger partial charge in [0.25, 0.3) is 0 Å². The van der Waals surface area contributed by atoms with E-state index in [0.29, 0.717) is 6.04 Å². The van der Waals surface area contributed by atoms with Gasteiger partial charge in [-0.3, -0.25) is 0 Å². The van der Waals surface area contributed by atoms with E-state index in [1.165, 1.54) is 5.56 Å². The third-order valence-corrected chi connectivity index (χ3v) is 3.57. The van der Waals surface area contributed by atoms with E-state index >= 15 is 0 Å². The van der Waals surface area contributed by atoms with Gasteiger partial charge in [0.2, 0.25) is 0 Å². The van der Waals surface area contributed by atoms with E-state index in [0.717, 1.165) is 18.7 Å². The van der Waals surface area contributed by atoms with Crippen LogP contribution < -0.4 is 4.74 Å². The normalized spacial score (nSPS) is 13.6. The van der Waals surface area contributed by atoms with Crippen LogP contribution in [-0.4, -0.2) is 43.4 Å². The van der Waals surface area contributed by atoms with E-state index < -0.39 is 0 Å². The van der Waals surface area contributed by atoms with Crippen LogP contribution in [0.2, 0.25) is 0 Å². The molecule has 1 aromatic rings. The number of likely N-dealkylation sites (N-methyl/N-ethyl adjacent to an activating group) is 1. The Balaban J connectivity index is 2.66. The number of ether oxygens (including phenoxy) is 1. The molecule has 1 atom stereocenters. The van der Waals surface area contributed by atoms with Crippen molar-refractivity contribution in [1.82, 2.24) is 4.90 Å². The van der Waals surface area contributed by atoms with E-state index in [-0.39, 0.29) is 12.0 Å². The van der Waals surface area contributed by atoms with Crippen molar-refractivity contribution in [2.75, 3.05) is 27.3 Å². The molecule has 1 N–H and O–H groups in total. The van der Waals surface area contributed by atoms with Crippen molar-refractivity contribution in [3.05, 3.63) is 29.8 Å².